The highest BCUT2D eigenvalue weighted by molar-refractivity contribution is 5.71. The molecule has 4 rings (SSSR count). The van der Waals surface area contributed by atoms with Crippen LogP contribution in [-0.4, -0.2) is 39.7 Å². The number of alkyl halides is 2. The van der Waals surface area contributed by atoms with Crippen molar-refractivity contribution in [1.29, 1.82) is 0 Å². The van der Waals surface area contributed by atoms with Crippen LogP contribution in [0.25, 0.3) is 11.3 Å². The summed E-state index contributed by atoms with van der Waals surface area (Å²) in [4.78, 5) is 22.3. The third kappa shape index (κ3) is 3.54. The van der Waals surface area contributed by atoms with Gasteiger partial charge in [0.05, 0.1) is 36.4 Å². The molecule has 142 valence electrons. The van der Waals surface area contributed by atoms with Gasteiger partial charge >= 0.3 is 12.7 Å². The molecule has 1 saturated carbocycles. The van der Waals surface area contributed by atoms with Crippen LogP contribution in [0.2, 0.25) is 0 Å². The molecule has 0 N–H and O–H groups in total. The molecule has 1 aliphatic heterocycles. The lowest BCUT2D eigenvalue weighted by Gasteiger charge is -2.15. The highest BCUT2D eigenvalue weighted by Gasteiger charge is 2.54. The van der Waals surface area contributed by atoms with Crippen molar-refractivity contribution in [2.24, 2.45) is 0 Å². The van der Waals surface area contributed by atoms with Crippen molar-refractivity contribution in [1.82, 2.24) is 14.9 Å². The standard InChI is InChI=1S/C18H16F3N3O3/c1-10-14(8-24-9-18(4-5-18)27-17(24)25)23-13(7-22-10)11-2-3-12(19)15(6-11)26-16(20)21/h2-3,6-7,16H,4-5,8-9H2,1H3. The highest BCUT2D eigenvalue weighted by atomic mass is 19.3. The van der Waals surface area contributed by atoms with Crippen molar-refractivity contribution in [3.63, 3.8) is 0 Å². The zero-order chi connectivity index (χ0) is 19.2. The van der Waals surface area contributed by atoms with E-state index in [-0.39, 0.29) is 18.2 Å². The summed E-state index contributed by atoms with van der Waals surface area (Å²) in [6.07, 6.45) is 2.81. The Morgan fingerprint density at radius 2 is 2.15 bits per heavy atom. The Hall–Kier alpha value is -2.84. The number of carbonyl (C=O) groups excluding carboxylic acids is 1. The molecular formula is C18H16F3N3O3. The van der Waals surface area contributed by atoms with Gasteiger partial charge in [0.2, 0.25) is 0 Å². The quantitative estimate of drug-likeness (QED) is 0.793. The van der Waals surface area contributed by atoms with Gasteiger partial charge in [0, 0.05) is 5.56 Å². The summed E-state index contributed by atoms with van der Waals surface area (Å²) in [5.41, 5.74) is 1.60. The number of aryl methyl sites for hydroxylation is 1. The zero-order valence-electron chi connectivity index (χ0n) is 14.4. The monoisotopic (exact) mass is 379 g/mol. The number of benzene rings is 1. The number of carbonyl (C=O) groups is 1. The number of halogens is 3. The summed E-state index contributed by atoms with van der Waals surface area (Å²) in [7, 11) is 0. The van der Waals surface area contributed by atoms with E-state index in [0.29, 0.717) is 29.2 Å². The van der Waals surface area contributed by atoms with E-state index in [0.717, 1.165) is 25.0 Å². The number of hydrogen-bond donors (Lipinski definition) is 0. The van der Waals surface area contributed by atoms with Gasteiger partial charge in [-0.2, -0.15) is 8.78 Å². The molecule has 0 atom stereocenters. The first-order chi connectivity index (χ1) is 12.8. The van der Waals surface area contributed by atoms with Gasteiger partial charge in [0.1, 0.15) is 5.60 Å². The predicted molar refractivity (Wildman–Crippen MR) is 87.7 cm³/mol. The molecule has 0 bridgehead atoms. The van der Waals surface area contributed by atoms with Gasteiger partial charge in [-0.25, -0.2) is 14.2 Å². The van der Waals surface area contributed by atoms with Crippen molar-refractivity contribution in [3.8, 4) is 17.0 Å². The fourth-order valence-corrected chi connectivity index (χ4v) is 3.02. The number of aromatic nitrogens is 2. The van der Waals surface area contributed by atoms with Gasteiger partial charge in [-0.15, -0.1) is 0 Å². The third-order valence-corrected chi connectivity index (χ3v) is 4.69. The molecule has 0 unspecified atom stereocenters. The lowest BCUT2D eigenvalue weighted by Crippen LogP contribution is -2.26. The first-order valence-electron chi connectivity index (χ1n) is 8.40. The van der Waals surface area contributed by atoms with Gasteiger partial charge in [-0.05, 0) is 38.0 Å². The van der Waals surface area contributed by atoms with Crippen LogP contribution in [0.3, 0.4) is 0 Å². The average Bonchev–Trinajstić information content (AvgIpc) is 3.28. The SMILES string of the molecule is Cc1ncc(-c2ccc(F)c(OC(F)F)c2)nc1CN1CC2(CC2)OC1=O. The van der Waals surface area contributed by atoms with Crippen molar-refractivity contribution < 1.29 is 27.4 Å². The molecule has 1 aliphatic carbocycles. The fraction of sp³-hybridized carbons (Fsp3) is 0.389. The number of ether oxygens (including phenoxy) is 2. The van der Waals surface area contributed by atoms with E-state index < -0.39 is 18.2 Å². The lowest BCUT2D eigenvalue weighted by molar-refractivity contribution is -0.0521. The first kappa shape index (κ1) is 17.6. The van der Waals surface area contributed by atoms with E-state index >= 15 is 0 Å². The summed E-state index contributed by atoms with van der Waals surface area (Å²) in [6.45, 7) is -0.629. The van der Waals surface area contributed by atoms with E-state index in [1.807, 2.05) is 0 Å². The number of nitrogens with zero attached hydrogens (tertiary/aromatic N) is 3. The summed E-state index contributed by atoms with van der Waals surface area (Å²) in [5.74, 6) is -1.46. The van der Waals surface area contributed by atoms with Crippen LogP contribution in [0, 0.1) is 12.7 Å². The molecule has 0 radical (unpaired) electrons. The molecule has 2 fully saturated rings. The van der Waals surface area contributed by atoms with Crippen molar-refractivity contribution >= 4 is 6.09 Å². The Balaban J connectivity index is 1.60. The first-order valence-corrected chi connectivity index (χ1v) is 8.40. The van der Waals surface area contributed by atoms with Crippen LogP contribution < -0.4 is 4.74 Å². The summed E-state index contributed by atoms with van der Waals surface area (Å²) >= 11 is 0. The molecule has 1 spiro atoms. The van der Waals surface area contributed by atoms with E-state index in [1.165, 1.54) is 12.3 Å². The average molecular weight is 379 g/mol. The topological polar surface area (TPSA) is 64.6 Å². The van der Waals surface area contributed by atoms with Crippen molar-refractivity contribution in [2.75, 3.05) is 6.54 Å². The maximum atomic E-state index is 13.6. The van der Waals surface area contributed by atoms with Crippen LogP contribution >= 0.6 is 0 Å². The molecule has 1 amide bonds. The Bertz CT molecular complexity index is 903. The minimum atomic E-state index is -3.13. The van der Waals surface area contributed by atoms with E-state index in [1.54, 1.807) is 11.8 Å². The molecular weight excluding hydrogens is 363 g/mol. The second-order valence-electron chi connectivity index (χ2n) is 6.72. The van der Waals surface area contributed by atoms with Crippen LogP contribution in [0.5, 0.6) is 5.75 Å². The summed E-state index contributed by atoms with van der Waals surface area (Å²) < 4.78 is 48.0. The minimum absolute atomic E-state index is 0.231. The molecule has 2 heterocycles. The van der Waals surface area contributed by atoms with Gasteiger partial charge in [-0.3, -0.25) is 9.88 Å². The second-order valence-corrected chi connectivity index (χ2v) is 6.72. The highest BCUT2D eigenvalue weighted by Crippen LogP contribution is 2.44. The minimum Gasteiger partial charge on any atom is -0.441 e. The molecule has 27 heavy (non-hydrogen) atoms. The maximum Gasteiger partial charge on any atom is 0.410 e. The predicted octanol–water partition coefficient (Wildman–Crippen LogP) is 3.68. The van der Waals surface area contributed by atoms with Crippen LogP contribution in [0.1, 0.15) is 24.2 Å². The van der Waals surface area contributed by atoms with E-state index in [9.17, 15) is 18.0 Å². The van der Waals surface area contributed by atoms with Gasteiger partial charge in [0.25, 0.3) is 0 Å². The Labute approximate surface area is 152 Å². The Morgan fingerprint density at radius 3 is 2.81 bits per heavy atom. The smallest absolute Gasteiger partial charge is 0.410 e. The largest absolute Gasteiger partial charge is 0.441 e. The summed E-state index contributed by atoms with van der Waals surface area (Å²) in [5, 5.41) is 0. The van der Waals surface area contributed by atoms with E-state index in [4.69, 9.17) is 4.74 Å². The molecule has 1 aromatic carbocycles. The van der Waals surface area contributed by atoms with Gasteiger partial charge < -0.3 is 9.47 Å². The lowest BCUT2D eigenvalue weighted by atomic mass is 10.1. The fourth-order valence-electron chi connectivity index (χ4n) is 3.02. The maximum absolute atomic E-state index is 13.6. The van der Waals surface area contributed by atoms with Gasteiger partial charge in [-0.1, -0.05) is 0 Å². The Morgan fingerprint density at radius 1 is 1.37 bits per heavy atom. The van der Waals surface area contributed by atoms with Crippen LogP contribution in [0.15, 0.2) is 24.4 Å². The molecule has 1 saturated heterocycles. The van der Waals surface area contributed by atoms with Crippen molar-refractivity contribution in [2.45, 2.75) is 38.5 Å². The molecule has 2 aliphatic rings. The Kier molecular flexibility index (Phi) is 4.16. The zero-order valence-corrected chi connectivity index (χ0v) is 14.4. The van der Waals surface area contributed by atoms with Crippen LogP contribution in [-0.2, 0) is 11.3 Å². The second kappa shape index (κ2) is 6.40. The van der Waals surface area contributed by atoms with Crippen LogP contribution in [0.4, 0.5) is 18.0 Å². The normalized spacial score (nSPS) is 17.5. The molecule has 1 aromatic heterocycles. The number of hydrogen-bond acceptors (Lipinski definition) is 5. The number of amides is 1. The molecule has 6 nitrogen and oxygen atoms in total. The van der Waals surface area contributed by atoms with E-state index in [2.05, 4.69) is 14.7 Å². The van der Waals surface area contributed by atoms with Crippen molar-refractivity contribution in [3.05, 3.63) is 41.6 Å². The van der Waals surface area contributed by atoms with Gasteiger partial charge in [0.15, 0.2) is 11.6 Å². The molecule has 9 heteroatoms. The summed E-state index contributed by atoms with van der Waals surface area (Å²) in [6, 6.07) is 3.58. The third-order valence-electron chi connectivity index (χ3n) is 4.69. The molecule has 2 aromatic rings. The number of rotatable bonds is 5.